The molecule has 0 saturated carbocycles. The summed E-state index contributed by atoms with van der Waals surface area (Å²) in [6, 6.07) is 19.1. The Morgan fingerprint density at radius 1 is 1.06 bits per heavy atom. The molecular weight excluding hydrogens is 459 g/mol. The third-order valence-electron chi connectivity index (χ3n) is 4.81. The number of halogens is 3. The molecule has 0 amide bonds. The van der Waals surface area contributed by atoms with Crippen LogP contribution >= 0.6 is 0 Å². The van der Waals surface area contributed by atoms with Gasteiger partial charge in [0.2, 0.25) is 5.95 Å². The minimum Gasteiger partial charge on any atom is -0.489 e. The van der Waals surface area contributed by atoms with Crippen molar-refractivity contribution in [3.8, 4) is 23.1 Å². The smallest absolute Gasteiger partial charge is 0.270 e. The number of nitriles is 1. The number of anilines is 1. The van der Waals surface area contributed by atoms with E-state index in [1.54, 1.807) is 48.5 Å². The summed E-state index contributed by atoms with van der Waals surface area (Å²) in [7, 11) is 0. The topological polar surface area (TPSA) is 103 Å². The van der Waals surface area contributed by atoms with Gasteiger partial charge in [-0.3, -0.25) is 9.78 Å². The highest BCUT2D eigenvalue weighted by Gasteiger charge is 2.13. The second kappa shape index (κ2) is 10.4. The Labute approximate surface area is 197 Å². The van der Waals surface area contributed by atoms with Gasteiger partial charge >= 0.3 is 0 Å². The lowest BCUT2D eigenvalue weighted by Crippen LogP contribution is -2.16. The number of rotatable bonds is 7. The SMILES string of the molecule is N#Cc1c(-c2ccccc2)nc(NN=Cc2ccc(COc3cc(F)c(F)c(F)c3)cc2)[nH]c1=O. The fourth-order valence-corrected chi connectivity index (χ4v) is 3.08. The van der Waals surface area contributed by atoms with Crippen LogP contribution in [0.2, 0.25) is 0 Å². The number of hydrazone groups is 1. The van der Waals surface area contributed by atoms with Gasteiger partial charge in [-0.25, -0.2) is 23.6 Å². The summed E-state index contributed by atoms with van der Waals surface area (Å²) in [5.41, 5.74) is 4.19. The Bertz CT molecular complexity index is 1460. The van der Waals surface area contributed by atoms with Crippen molar-refractivity contribution in [3.05, 3.63) is 111 Å². The average Bonchev–Trinajstić information content (AvgIpc) is 2.87. The standard InChI is InChI=1S/C25H16F3N5O2/c26-20-10-18(11-21(27)22(20)28)35-14-16-8-6-15(7-9-16)13-30-33-25-31-23(17-4-2-1-3-5-17)19(12-29)24(34)32-25/h1-11,13H,14H2,(H2,31,32,33,34). The zero-order valence-electron chi connectivity index (χ0n) is 17.9. The van der Waals surface area contributed by atoms with Crippen LogP contribution in [0.4, 0.5) is 19.1 Å². The molecule has 0 radical (unpaired) electrons. The molecule has 0 fully saturated rings. The van der Waals surface area contributed by atoms with Crippen LogP contribution in [-0.4, -0.2) is 16.2 Å². The summed E-state index contributed by atoms with van der Waals surface area (Å²) in [4.78, 5) is 19.0. The fourth-order valence-electron chi connectivity index (χ4n) is 3.08. The molecule has 35 heavy (non-hydrogen) atoms. The number of hydrogen-bond donors (Lipinski definition) is 2. The Hall–Kier alpha value is -4.91. The molecule has 2 N–H and O–H groups in total. The second-order valence-electron chi connectivity index (χ2n) is 7.22. The summed E-state index contributed by atoms with van der Waals surface area (Å²) in [6.07, 6.45) is 1.48. The maximum Gasteiger partial charge on any atom is 0.270 e. The molecule has 0 atom stereocenters. The first-order valence-electron chi connectivity index (χ1n) is 10.2. The first-order valence-corrected chi connectivity index (χ1v) is 10.2. The molecule has 0 unspecified atom stereocenters. The van der Waals surface area contributed by atoms with Crippen molar-refractivity contribution in [1.29, 1.82) is 5.26 Å². The van der Waals surface area contributed by atoms with Crippen LogP contribution in [0.1, 0.15) is 16.7 Å². The number of aromatic nitrogens is 2. The van der Waals surface area contributed by atoms with Crippen LogP contribution in [0, 0.1) is 28.8 Å². The monoisotopic (exact) mass is 475 g/mol. The molecule has 7 nitrogen and oxygen atoms in total. The molecule has 174 valence electrons. The molecule has 0 aliphatic carbocycles. The number of ether oxygens (including phenoxy) is 1. The predicted octanol–water partition coefficient (Wildman–Crippen LogP) is 4.75. The first-order chi connectivity index (χ1) is 16.9. The number of hydrogen-bond acceptors (Lipinski definition) is 6. The summed E-state index contributed by atoms with van der Waals surface area (Å²) >= 11 is 0. The highest BCUT2D eigenvalue weighted by molar-refractivity contribution is 5.80. The predicted molar refractivity (Wildman–Crippen MR) is 123 cm³/mol. The van der Waals surface area contributed by atoms with Crippen LogP contribution in [0.5, 0.6) is 5.75 Å². The van der Waals surface area contributed by atoms with Gasteiger partial charge in [-0.15, -0.1) is 0 Å². The minimum atomic E-state index is -1.55. The third-order valence-corrected chi connectivity index (χ3v) is 4.81. The summed E-state index contributed by atoms with van der Waals surface area (Å²) in [6.45, 7) is 0.0127. The van der Waals surface area contributed by atoms with Crippen molar-refractivity contribution in [1.82, 2.24) is 9.97 Å². The summed E-state index contributed by atoms with van der Waals surface area (Å²) in [5.74, 6) is -4.27. The van der Waals surface area contributed by atoms with Crippen LogP contribution in [-0.2, 0) is 6.61 Å². The molecule has 0 saturated heterocycles. The number of benzene rings is 3. The maximum absolute atomic E-state index is 13.3. The highest BCUT2D eigenvalue weighted by atomic mass is 19.2. The van der Waals surface area contributed by atoms with Crippen molar-refractivity contribution in [2.45, 2.75) is 6.61 Å². The van der Waals surface area contributed by atoms with Gasteiger partial charge in [-0.1, -0.05) is 54.6 Å². The van der Waals surface area contributed by atoms with Crippen molar-refractivity contribution >= 4 is 12.2 Å². The first kappa shape index (κ1) is 23.3. The van der Waals surface area contributed by atoms with E-state index in [9.17, 15) is 23.2 Å². The second-order valence-corrected chi connectivity index (χ2v) is 7.22. The molecular formula is C25H16F3N5O2. The van der Waals surface area contributed by atoms with Crippen molar-refractivity contribution in [3.63, 3.8) is 0 Å². The molecule has 4 rings (SSSR count). The van der Waals surface area contributed by atoms with Gasteiger partial charge in [-0.05, 0) is 11.1 Å². The lowest BCUT2D eigenvalue weighted by molar-refractivity contribution is 0.299. The van der Waals surface area contributed by atoms with E-state index in [4.69, 9.17) is 4.74 Å². The van der Waals surface area contributed by atoms with Crippen LogP contribution < -0.4 is 15.7 Å². The Balaban J connectivity index is 1.42. The molecule has 1 heterocycles. The molecule has 0 bridgehead atoms. The third kappa shape index (κ3) is 5.54. The Kier molecular flexibility index (Phi) is 6.88. The van der Waals surface area contributed by atoms with E-state index < -0.39 is 23.0 Å². The molecule has 4 aromatic rings. The highest BCUT2D eigenvalue weighted by Crippen LogP contribution is 2.21. The van der Waals surface area contributed by atoms with E-state index in [-0.39, 0.29) is 29.6 Å². The normalized spacial score (nSPS) is 10.8. The number of aromatic amines is 1. The van der Waals surface area contributed by atoms with Gasteiger partial charge in [0.15, 0.2) is 17.5 Å². The minimum absolute atomic E-state index is 0.0127. The van der Waals surface area contributed by atoms with Gasteiger partial charge in [-0.2, -0.15) is 10.4 Å². The molecule has 0 aliphatic heterocycles. The lowest BCUT2D eigenvalue weighted by atomic mass is 10.1. The van der Waals surface area contributed by atoms with Gasteiger partial charge in [0.05, 0.1) is 11.9 Å². The molecule has 3 aromatic carbocycles. The molecule has 10 heteroatoms. The number of nitrogens with zero attached hydrogens (tertiary/aromatic N) is 3. The largest absolute Gasteiger partial charge is 0.489 e. The zero-order chi connectivity index (χ0) is 24.8. The van der Waals surface area contributed by atoms with E-state index >= 15 is 0 Å². The van der Waals surface area contributed by atoms with E-state index in [1.807, 2.05) is 12.1 Å². The molecule has 0 spiro atoms. The Morgan fingerprint density at radius 3 is 2.40 bits per heavy atom. The lowest BCUT2D eigenvalue weighted by Gasteiger charge is -2.07. The van der Waals surface area contributed by atoms with Crippen LogP contribution in [0.3, 0.4) is 0 Å². The molecule has 1 aromatic heterocycles. The Morgan fingerprint density at radius 2 is 1.74 bits per heavy atom. The van der Waals surface area contributed by atoms with Crippen molar-refractivity contribution in [2.24, 2.45) is 5.10 Å². The van der Waals surface area contributed by atoms with E-state index in [0.29, 0.717) is 16.7 Å². The van der Waals surface area contributed by atoms with E-state index in [1.165, 1.54) is 6.21 Å². The van der Waals surface area contributed by atoms with Crippen molar-refractivity contribution < 1.29 is 17.9 Å². The van der Waals surface area contributed by atoms with Gasteiger partial charge in [0, 0.05) is 17.7 Å². The van der Waals surface area contributed by atoms with E-state index in [0.717, 1.165) is 12.1 Å². The van der Waals surface area contributed by atoms with Crippen molar-refractivity contribution in [2.75, 3.05) is 5.43 Å². The van der Waals surface area contributed by atoms with Gasteiger partial charge < -0.3 is 4.74 Å². The zero-order valence-corrected chi connectivity index (χ0v) is 17.9. The molecule has 0 aliphatic rings. The fraction of sp³-hybridized carbons (Fsp3) is 0.0400. The van der Waals surface area contributed by atoms with Gasteiger partial charge in [0.1, 0.15) is 24.0 Å². The number of nitrogens with one attached hydrogen (secondary N) is 2. The van der Waals surface area contributed by atoms with E-state index in [2.05, 4.69) is 20.5 Å². The van der Waals surface area contributed by atoms with Crippen LogP contribution in [0.25, 0.3) is 11.3 Å². The maximum atomic E-state index is 13.3. The summed E-state index contributed by atoms with van der Waals surface area (Å²) < 4.78 is 44.9. The van der Waals surface area contributed by atoms with Crippen LogP contribution in [0.15, 0.2) is 76.6 Å². The summed E-state index contributed by atoms with van der Waals surface area (Å²) in [5, 5.41) is 13.4. The quantitative estimate of drug-likeness (QED) is 0.228. The number of H-pyrrole nitrogens is 1. The van der Waals surface area contributed by atoms with Gasteiger partial charge in [0.25, 0.3) is 5.56 Å². The average molecular weight is 475 g/mol.